The van der Waals surface area contributed by atoms with Crippen molar-refractivity contribution in [3.05, 3.63) is 24.5 Å². The van der Waals surface area contributed by atoms with Gasteiger partial charge in [0.2, 0.25) is 0 Å². The van der Waals surface area contributed by atoms with Crippen LogP contribution in [0.1, 0.15) is 21.3 Å². The van der Waals surface area contributed by atoms with Gasteiger partial charge < -0.3 is 4.57 Å². The van der Waals surface area contributed by atoms with Gasteiger partial charge in [-0.15, -0.1) is 0 Å². The van der Waals surface area contributed by atoms with Gasteiger partial charge in [0.05, 0.1) is 0 Å². The maximum absolute atomic E-state index is 2.00. The molecule has 9 heavy (non-hydrogen) atoms. The first kappa shape index (κ1) is 11.1. The lowest BCUT2D eigenvalue weighted by molar-refractivity contribution is 0.928. The molecule has 0 radical (unpaired) electrons. The van der Waals surface area contributed by atoms with Crippen molar-refractivity contribution in [3.63, 3.8) is 0 Å². The van der Waals surface area contributed by atoms with E-state index in [2.05, 4.69) is 0 Å². The lowest BCUT2D eigenvalue weighted by Gasteiger charge is -1.79. The van der Waals surface area contributed by atoms with E-state index in [4.69, 9.17) is 0 Å². The molecule has 1 rings (SSSR count). The Hall–Kier alpha value is -0.720. The topological polar surface area (TPSA) is 4.93 Å². The van der Waals surface area contributed by atoms with Crippen LogP contribution in [0.2, 0.25) is 0 Å². The number of aryl methyl sites for hydroxylation is 1. The predicted octanol–water partition coefficient (Wildman–Crippen LogP) is 2.69. The fourth-order valence-electron chi connectivity index (χ4n) is 0.421. The van der Waals surface area contributed by atoms with E-state index in [1.807, 2.05) is 50.0 Å². The summed E-state index contributed by atoms with van der Waals surface area (Å²) in [5.74, 6) is 0. The van der Waals surface area contributed by atoms with Gasteiger partial charge in [-0.1, -0.05) is 21.3 Å². The molecule has 0 unspecified atom stereocenters. The van der Waals surface area contributed by atoms with Crippen LogP contribution in [0.25, 0.3) is 0 Å². The Kier molecular flexibility index (Phi) is 9.00. The van der Waals surface area contributed by atoms with Crippen molar-refractivity contribution in [3.8, 4) is 0 Å². The highest BCUT2D eigenvalue weighted by Crippen LogP contribution is 1.80. The third-order valence-corrected chi connectivity index (χ3v) is 0.754. The van der Waals surface area contributed by atoms with Crippen LogP contribution in [-0.2, 0) is 7.05 Å². The van der Waals surface area contributed by atoms with E-state index < -0.39 is 0 Å². The molecule has 1 nitrogen and oxygen atoms in total. The van der Waals surface area contributed by atoms with Crippen molar-refractivity contribution in [2.45, 2.75) is 21.3 Å². The SMILES string of the molecule is C.CC.Cn1cccc1. The van der Waals surface area contributed by atoms with E-state index in [0.29, 0.717) is 0 Å². The van der Waals surface area contributed by atoms with Gasteiger partial charge in [-0.2, -0.15) is 0 Å². The quantitative estimate of drug-likeness (QED) is 0.505. The van der Waals surface area contributed by atoms with Crippen molar-refractivity contribution in [1.29, 1.82) is 0 Å². The lowest BCUT2D eigenvalue weighted by Crippen LogP contribution is -1.75. The first-order chi connectivity index (χ1) is 3.89. The van der Waals surface area contributed by atoms with Crippen LogP contribution in [0, 0.1) is 0 Å². The zero-order chi connectivity index (χ0) is 6.41. The molecule has 0 N–H and O–H groups in total. The van der Waals surface area contributed by atoms with Crippen LogP contribution >= 0.6 is 0 Å². The molecular formula is C8H17N. The van der Waals surface area contributed by atoms with Crippen molar-refractivity contribution < 1.29 is 0 Å². The average molecular weight is 127 g/mol. The van der Waals surface area contributed by atoms with E-state index in [1.165, 1.54) is 0 Å². The largest absolute Gasteiger partial charge is 0.357 e. The molecule has 0 spiro atoms. The molecule has 0 fully saturated rings. The second-order valence-corrected chi connectivity index (χ2v) is 1.35. The summed E-state index contributed by atoms with van der Waals surface area (Å²) in [7, 11) is 2.00. The molecule has 0 aliphatic carbocycles. The Morgan fingerprint density at radius 3 is 1.44 bits per heavy atom. The summed E-state index contributed by atoms with van der Waals surface area (Å²) >= 11 is 0. The van der Waals surface area contributed by atoms with Crippen LogP contribution in [0.5, 0.6) is 0 Å². The number of hydrogen-bond acceptors (Lipinski definition) is 0. The number of nitrogens with zero attached hydrogens (tertiary/aromatic N) is 1. The Balaban J connectivity index is 0. The maximum Gasteiger partial charge on any atom is 0.0106 e. The highest BCUT2D eigenvalue weighted by atomic mass is 14.9. The summed E-state index contributed by atoms with van der Waals surface area (Å²) in [5, 5.41) is 0. The summed E-state index contributed by atoms with van der Waals surface area (Å²) in [4.78, 5) is 0. The van der Waals surface area contributed by atoms with Crippen LogP contribution < -0.4 is 0 Å². The molecule has 0 amide bonds. The zero-order valence-electron chi connectivity index (χ0n) is 5.76. The van der Waals surface area contributed by atoms with Crippen molar-refractivity contribution >= 4 is 0 Å². The van der Waals surface area contributed by atoms with Gasteiger partial charge in [-0.25, -0.2) is 0 Å². The minimum Gasteiger partial charge on any atom is -0.357 e. The van der Waals surface area contributed by atoms with Crippen LogP contribution in [0.15, 0.2) is 24.5 Å². The summed E-state index contributed by atoms with van der Waals surface area (Å²) in [6.07, 6.45) is 4.00. The maximum atomic E-state index is 2.00. The molecule has 0 aliphatic rings. The Morgan fingerprint density at radius 2 is 1.33 bits per heavy atom. The van der Waals surface area contributed by atoms with Crippen LogP contribution in [0.4, 0.5) is 0 Å². The van der Waals surface area contributed by atoms with Crippen molar-refractivity contribution in [1.82, 2.24) is 4.57 Å². The van der Waals surface area contributed by atoms with Gasteiger partial charge in [0.25, 0.3) is 0 Å². The molecular weight excluding hydrogens is 110 g/mol. The van der Waals surface area contributed by atoms with Gasteiger partial charge in [0, 0.05) is 19.4 Å². The van der Waals surface area contributed by atoms with Gasteiger partial charge in [-0.05, 0) is 12.1 Å². The zero-order valence-corrected chi connectivity index (χ0v) is 5.76. The van der Waals surface area contributed by atoms with E-state index in [0.717, 1.165) is 0 Å². The smallest absolute Gasteiger partial charge is 0.0106 e. The molecule has 1 heterocycles. The predicted molar refractivity (Wildman–Crippen MR) is 43.5 cm³/mol. The van der Waals surface area contributed by atoms with E-state index >= 15 is 0 Å². The van der Waals surface area contributed by atoms with Crippen molar-refractivity contribution in [2.24, 2.45) is 7.05 Å². The lowest BCUT2D eigenvalue weighted by atomic mass is 10.7. The molecule has 0 aliphatic heterocycles. The summed E-state index contributed by atoms with van der Waals surface area (Å²) < 4.78 is 2.00. The highest BCUT2D eigenvalue weighted by Gasteiger charge is 1.68. The normalized spacial score (nSPS) is 6.56. The fraction of sp³-hybridized carbons (Fsp3) is 0.500. The Labute approximate surface area is 58.3 Å². The summed E-state index contributed by atoms with van der Waals surface area (Å²) in [5.41, 5.74) is 0. The van der Waals surface area contributed by atoms with E-state index in [1.54, 1.807) is 0 Å². The molecule has 0 bridgehead atoms. The average Bonchev–Trinajstić information content (AvgIpc) is 2.24. The highest BCUT2D eigenvalue weighted by molar-refractivity contribution is 4.88. The van der Waals surface area contributed by atoms with Crippen molar-refractivity contribution in [2.75, 3.05) is 0 Å². The van der Waals surface area contributed by atoms with Gasteiger partial charge in [-0.3, -0.25) is 0 Å². The summed E-state index contributed by atoms with van der Waals surface area (Å²) in [6, 6.07) is 4.00. The van der Waals surface area contributed by atoms with Gasteiger partial charge in [0.1, 0.15) is 0 Å². The summed E-state index contributed by atoms with van der Waals surface area (Å²) in [6.45, 7) is 4.00. The van der Waals surface area contributed by atoms with Crippen LogP contribution in [-0.4, -0.2) is 4.57 Å². The minimum absolute atomic E-state index is 0. The fourth-order valence-corrected chi connectivity index (χ4v) is 0.421. The van der Waals surface area contributed by atoms with Crippen LogP contribution in [0.3, 0.4) is 0 Å². The Morgan fingerprint density at radius 1 is 1.00 bits per heavy atom. The number of rotatable bonds is 0. The molecule has 1 aromatic rings. The first-order valence-electron chi connectivity index (χ1n) is 2.96. The Bertz CT molecular complexity index is 108. The van der Waals surface area contributed by atoms with Gasteiger partial charge in [0.15, 0.2) is 0 Å². The number of aromatic nitrogens is 1. The molecule has 1 heteroatoms. The monoisotopic (exact) mass is 127 g/mol. The molecule has 0 aromatic carbocycles. The van der Waals surface area contributed by atoms with E-state index in [9.17, 15) is 0 Å². The third kappa shape index (κ3) is 5.15. The molecule has 0 saturated carbocycles. The molecule has 0 saturated heterocycles. The molecule has 54 valence electrons. The second kappa shape index (κ2) is 7.28. The third-order valence-electron chi connectivity index (χ3n) is 0.754. The number of hydrogen-bond donors (Lipinski definition) is 0. The van der Waals surface area contributed by atoms with E-state index in [-0.39, 0.29) is 7.43 Å². The minimum atomic E-state index is 0. The van der Waals surface area contributed by atoms with Gasteiger partial charge >= 0.3 is 0 Å². The molecule has 1 aromatic heterocycles. The molecule has 0 atom stereocenters. The first-order valence-corrected chi connectivity index (χ1v) is 2.96. The standard InChI is InChI=1S/C5H7N.C2H6.CH4/c1-6-4-2-3-5-6;1-2;/h2-5H,1H3;1-2H3;1H4. The second-order valence-electron chi connectivity index (χ2n) is 1.35.